The molecule has 0 saturated heterocycles. The molecular weight excluding hydrogens is 312 g/mol. The normalized spacial score (nSPS) is 16.0. The van der Waals surface area contributed by atoms with E-state index in [1.54, 1.807) is 0 Å². The van der Waals surface area contributed by atoms with E-state index < -0.39 is 15.9 Å². The number of rotatable bonds is 2. The summed E-state index contributed by atoms with van der Waals surface area (Å²) in [6.45, 7) is 3.80. The van der Waals surface area contributed by atoms with E-state index in [1.807, 2.05) is 0 Å². The average Bonchev–Trinajstić information content (AvgIpc) is 2.91. The third-order valence-corrected chi connectivity index (χ3v) is 5.21. The molecule has 1 amide bonds. The number of halogens is 1. The summed E-state index contributed by atoms with van der Waals surface area (Å²) in [6.07, 6.45) is 2.90. The first-order valence-corrected chi connectivity index (χ1v) is 7.94. The smallest absolute Gasteiger partial charge is 0.276 e. The lowest BCUT2D eigenvalue weighted by molar-refractivity contribution is 0.0984. The van der Waals surface area contributed by atoms with Crippen LogP contribution in [0.15, 0.2) is 54.1 Å². The minimum absolute atomic E-state index is 0.0389. The fourth-order valence-electron chi connectivity index (χ4n) is 2.32. The maximum atomic E-state index is 12.7. The van der Waals surface area contributed by atoms with Gasteiger partial charge in [-0.3, -0.25) is 4.79 Å². The zero-order valence-electron chi connectivity index (χ0n) is 10.9. The van der Waals surface area contributed by atoms with Crippen molar-refractivity contribution in [2.75, 3.05) is 11.4 Å². The summed E-state index contributed by atoms with van der Waals surface area (Å²) in [6, 6.07) is 7.37. The van der Waals surface area contributed by atoms with Crippen LogP contribution in [0.3, 0.4) is 0 Å². The van der Waals surface area contributed by atoms with Crippen molar-refractivity contribution >= 4 is 33.2 Å². The van der Waals surface area contributed by atoms with Crippen LogP contribution >= 0.6 is 11.6 Å². The second-order valence-corrected chi connectivity index (χ2v) is 6.73. The number of hydrogen-bond donors (Lipinski definition) is 0. The number of amides is 1. The first kappa shape index (κ1) is 13.9. The Hall–Kier alpha value is -2.05. The molecule has 7 heteroatoms. The summed E-state index contributed by atoms with van der Waals surface area (Å²) < 4.78 is 26.4. The van der Waals surface area contributed by atoms with Crippen molar-refractivity contribution in [2.45, 2.75) is 4.90 Å². The van der Waals surface area contributed by atoms with Crippen molar-refractivity contribution in [3.8, 4) is 0 Å². The monoisotopic (exact) mass is 322 g/mol. The fourth-order valence-corrected chi connectivity index (χ4v) is 4.00. The maximum Gasteiger partial charge on any atom is 0.276 e. The minimum atomic E-state index is -3.83. The quantitative estimate of drug-likeness (QED) is 0.798. The van der Waals surface area contributed by atoms with Gasteiger partial charge in [-0.1, -0.05) is 17.7 Å². The van der Waals surface area contributed by atoms with Gasteiger partial charge in [-0.05, 0) is 30.3 Å². The lowest BCUT2D eigenvalue weighted by Gasteiger charge is -2.20. The molecule has 0 fully saturated rings. The Kier molecular flexibility index (Phi) is 3.15. The molecule has 0 radical (unpaired) electrons. The number of benzene rings is 1. The molecule has 2 aromatic rings. The third kappa shape index (κ3) is 1.99. The number of aromatic nitrogens is 1. The van der Waals surface area contributed by atoms with Crippen LogP contribution in [0.2, 0.25) is 5.02 Å². The van der Waals surface area contributed by atoms with E-state index in [1.165, 1.54) is 47.5 Å². The van der Waals surface area contributed by atoms with E-state index in [4.69, 9.17) is 11.6 Å². The lowest BCUT2D eigenvalue weighted by Crippen LogP contribution is -2.31. The largest absolute Gasteiger partial charge is 0.302 e. The SMILES string of the molecule is C=CCN1C(=O)c2cccn2S(=O)(=O)c2ccc(Cl)cc21. The molecule has 0 bridgehead atoms. The van der Waals surface area contributed by atoms with Crippen LogP contribution in [0, 0.1) is 0 Å². The Bertz CT molecular complexity index is 855. The molecule has 1 aromatic heterocycles. The molecule has 0 unspecified atom stereocenters. The number of carbonyl (C=O) groups excluding carboxylic acids is 1. The highest BCUT2D eigenvalue weighted by Crippen LogP contribution is 2.34. The van der Waals surface area contributed by atoms with Crippen LogP contribution in [0.1, 0.15) is 10.5 Å². The number of hydrogen-bond acceptors (Lipinski definition) is 3. The van der Waals surface area contributed by atoms with Crippen LogP contribution in [0.4, 0.5) is 5.69 Å². The highest BCUT2D eigenvalue weighted by atomic mass is 35.5. The summed E-state index contributed by atoms with van der Waals surface area (Å²) in [4.78, 5) is 14.0. The number of nitrogens with zero attached hydrogens (tertiary/aromatic N) is 2. The minimum Gasteiger partial charge on any atom is -0.302 e. The molecule has 3 rings (SSSR count). The highest BCUT2D eigenvalue weighted by molar-refractivity contribution is 7.90. The first-order valence-electron chi connectivity index (χ1n) is 6.12. The first-order chi connectivity index (χ1) is 9.96. The van der Waals surface area contributed by atoms with Gasteiger partial charge in [0, 0.05) is 17.8 Å². The molecule has 1 aliphatic rings. The number of anilines is 1. The van der Waals surface area contributed by atoms with Gasteiger partial charge in [0.2, 0.25) is 0 Å². The molecule has 1 aromatic carbocycles. The second kappa shape index (κ2) is 4.75. The predicted molar refractivity (Wildman–Crippen MR) is 80.3 cm³/mol. The molecule has 0 atom stereocenters. The van der Waals surface area contributed by atoms with Crippen molar-refractivity contribution in [3.63, 3.8) is 0 Å². The van der Waals surface area contributed by atoms with Crippen LogP contribution in [0.25, 0.3) is 0 Å². The van der Waals surface area contributed by atoms with Gasteiger partial charge in [-0.2, -0.15) is 0 Å². The summed E-state index contributed by atoms with van der Waals surface area (Å²) in [5, 5.41) is 0.359. The Morgan fingerprint density at radius 3 is 2.76 bits per heavy atom. The van der Waals surface area contributed by atoms with Gasteiger partial charge in [-0.25, -0.2) is 12.4 Å². The molecule has 0 aliphatic carbocycles. The van der Waals surface area contributed by atoms with E-state index >= 15 is 0 Å². The molecule has 0 saturated carbocycles. The summed E-state index contributed by atoms with van der Waals surface area (Å²) in [5.74, 6) is -0.413. The standard InChI is InChI=1S/C14H11ClN2O3S/c1-2-7-16-12-9-10(15)5-6-13(12)21(19,20)17-8-3-4-11(17)14(16)18/h2-6,8-9H,1,7H2. The summed E-state index contributed by atoms with van der Waals surface area (Å²) in [7, 11) is -3.83. The predicted octanol–water partition coefficient (Wildman–Crippen LogP) is 2.52. The van der Waals surface area contributed by atoms with Gasteiger partial charge in [0.15, 0.2) is 0 Å². The molecule has 2 heterocycles. The van der Waals surface area contributed by atoms with Crippen LogP contribution in [-0.2, 0) is 10.0 Å². The van der Waals surface area contributed by atoms with Gasteiger partial charge >= 0.3 is 0 Å². The van der Waals surface area contributed by atoms with Gasteiger partial charge in [0.25, 0.3) is 15.9 Å². The van der Waals surface area contributed by atoms with Gasteiger partial charge in [-0.15, -0.1) is 6.58 Å². The summed E-state index contributed by atoms with van der Waals surface area (Å²) >= 11 is 5.96. The van der Waals surface area contributed by atoms with Crippen LogP contribution in [-0.4, -0.2) is 24.8 Å². The second-order valence-electron chi connectivity index (χ2n) is 4.51. The molecule has 0 N–H and O–H groups in total. The van der Waals surface area contributed by atoms with Gasteiger partial charge in [0.05, 0.1) is 5.69 Å². The highest BCUT2D eigenvalue weighted by Gasteiger charge is 2.34. The fraction of sp³-hybridized carbons (Fsp3) is 0.0714. The average molecular weight is 323 g/mol. The molecule has 0 spiro atoms. The molecule has 21 heavy (non-hydrogen) atoms. The Morgan fingerprint density at radius 2 is 2.05 bits per heavy atom. The molecule has 108 valence electrons. The maximum absolute atomic E-state index is 12.7. The van der Waals surface area contributed by atoms with Gasteiger partial charge < -0.3 is 4.90 Å². The van der Waals surface area contributed by atoms with E-state index in [2.05, 4.69) is 6.58 Å². The van der Waals surface area contributed by atoms with Crippen molar-refractivity contribution < 1.29 is 13.2 Å². The van der Waals surface area contributed by atoms with Gasteiger partial charge in [0.1, 0.15) is 10.6 Å². The lowest BCUT2D eigenvalue weighted by atomic mass is 10.2. The van der Waals surface area contributed by atoms with Crippen molar-refractivity contribution in [1.82, 2.24) is 3.97 Å². The van der Waals surface area contributed by atoms with Crippen molar-refractivity contribution in [2.24, 2.45) is 0 Å². The number of carbonyl (C=O) groups is 1. The van der Waals surface area contributed by atoms with E-state index in [0.717, 1.165) is 3.97 Å². The van der Waals surface area contributed by atoms with E-state index in [-0.39, 0.29) is 22.8 Å². The van der Waals surface area contributed by atoms with E-state index in [0.29, 0.717) is 5.02 Å². The molecule has 1 aliphatic heterocycles. The Morgan fingerprint density at radius 1 is 1.29 bits per heavy atom. The molecule has 5 nitrogen and oxygen atoms in total. The molecular formula is C14H11ClN2O3S. The van der Waals surface area contributed by atoms with E-state index in [9.17, 15) is 13.2 Å². The Labute approximate surface area is 127 Å². The van der Waals surface area contributed by atoms with Crippen LogP contribution < -0.4 is 4.90 Å². The van der Waals surface area contributed by atoms with Crippen LogP contribution in [0.5, 0.6) is 0 Å². The topological polar surface area (TPSA) is 59.4 Å². The van der Waals surface area contributed by atoms with Crippen molar-refractivity contribution in [3.05, 3.63) is 59.9 Å². The summed E-state index contributed by atoms with van der Waals surface area (Å²) in [5.41, 5.74) is 0.347. The zero-order valence-corrected chi connectivity index (χ0v) is 12.4. The number of fused-ring (bicyclic) bond motifs is 2. The zero-order chi connectivity index (χ0) is 15.2. The Balaban J connectivity index is 2.40. The third-order valence-electron chi connectivity index (χ3n) is 3.24. The van der Waals surface area contributed by atoms with Crippen molar-refractivity contribution in [1.29, 1.82) is 0 Å².